The van der Waals surface area contributed by atoms with Crippen molar-refractivity contribution in [2.75, 3.05) is 11.3 Å². The Kier molecular flexibility index (Phi) is 6.39. The van der Waals surface area contributed by atoms with E-state index in [0.29, 0.717) is 29.5 Å². The first-order chi connectivity index (χ1) is 15.3. The zero-order valence-electron chi connectivity index (χ0n) is 17.5. The topological polar surface area (TPSA) is 75.7 Å². The van der Waals surface area contributed by atoms with Crippen molar-refractivity contribution in [2.24, 2.45) is 0 Å². The maximum Gasteiger partial charge on any atom is 0.263 e. The number of nitrogens with zero attached hydrogens (tertiary/aromatic N) is 1. The van der Waals surface area contributed by atoms with Gasteiger partial charge in [-0.05, 0) is 55.3 Å². The molecule has 0 aliphatic carbocycles. The van der Waals surface area contributed by atoms with Gasteiger partial charge in [-0.2, -0.15) is 0 Å². The van der Waals surface area contributed by atoms with E-state index in [1.165, 1.54) is 12.1 Å². The van der Waals surface area contributed by atoms with Gasteiger partial charge in [0.15, 0.2) is 6.10 Å². The van der Waals surface area contributed by atoms with E-state index in [0.717, 1.165) is 17.5 Å². The van der Waals surface area contributed by atoms with Gasteiger partial charge >= 0.3 is 0 Å². The van der Waals surface area contributed by atoms with E-state index in [9.17, 15) is 13.2 Å². The van der Waals surface area contributed by atoms with E-state index in [2.05, 4.69) is 4.72 Å². The average molecular weight is 471 g/mol. The smallest absolute Gasteiger partial charge is 0.263 e. The second kappa shape index (κ2) is 9.22. The number of amides is 1. The molecule has 6 nitrogen and oxygen atoms in total. The zero-order chi connectivity index (χ0) is 22.7. The minimum atomic E-state index is -3.81. The van der Waals surface area contributed by atoms with Gasteiger partial charge in [0.1, 0.15) is 5.75 Å². The summed E-state index contributed by atoms with van der Waals surface area (Å²) in [7, 11) is -3.81. The predicted molar refractivity (Wildman–Crippen MR) is 124 cm³/mol. The Hall–Kier alpha value is -3.03. The van der Waals surface area contributed by atoms with Crippen LogP contribution in [0.3, 0.4) is 0 Å². The summed E-state index contributed by atoms with van der Waals surface area (Å²) >= 11 is 5.94. The van der Waals surface area contributed by atoms with Crippen LogP contribution in [0.4, 0.5) is 5.69 Å². The van der Waals surface area contributed by atoms with E-state index < -0.39 is 16.1 Å². The largest absolute Gasteiger partial charge is 0.481 e. The normalized spacial score (nSPS) is 16.1. The predicted octanol–water partition coefficient (Wildman–Crippen LogP) is 4.49. The van der Waals surface area contributed by atoms with E-state index in [4.69, 9.17) is 16.3 Å². The number of carbonyl (C=O) groups is 1. The fraction of sp³-hybridized carbons (Fsp3) is 0.208. The van der Waals surface area contributed by atoms with Gasteiger partial charge in [-0.15, -0.1) is 0 Å². The lowest BCUT2D eigenvalue weighted by atomic mass is 10.1. The van der Waals surface area contributed by atoms with E-state index >= 15 is 0 Å². The molecule has 3 aromatic carbocycles. The summed E-state index contributed by atoms with van der Waals surface area (Å²) in [6.45, 7) is 2.59. The number of carbonyl (C=O) groups excluding carboxylic acids is 1. The molecule has 166 valence electrons. The molecule has 1 N–H and O–H groups in total. The lowest BCUT2D eigenvalue weighted by Gasteiger charge is -2.22. The molecule has 4 rings (SSSR count). The number of hydrogen-bond donors (Lipinski definition) is 1. The molecule has 1 aliphatic heterocycles. The SMILES string of the molecule is CC1Oc2ccc(NS(=O)(=O)c3cccc(Cl)c3)cc2CN(CCc2ccccc2)C1=O. The van der Waals surface area contributed by atoms with Gasteiger partial charge in [0, 0.05) is 29.4 Å². The van der Waals surface area contributed by atoms with E-state index in [1.54, 1.807) is 42.2 Å². The third kappa shape index (κ3) is 5.06. The summed E-state index contributed by atoms with van der Waals surface area (Å²) in [5, 5.41) is 0.338. The van der Waals surface area contributed by atoms with Crippen LogP contribution in [0.15, 0.2) is 77.7 Å². The zero-order valence-corrected chi connectivity index (χ0v) is 19.1. The summed E-state index contributed by atoms with van der Waals surface area (Å²) in [6.07, 6.45) is 0.0939. The van der Waals surface area contributed by atoms with Crippen LogP contribution in [0, 0.1) is 0 Å². The second-order valence-electron chi connectivity index (χ2n) is 7.64. The molecule has 3 aromatic rings. The highest BCUT2D eigenvalue weighted by molar-refractivity contribution is 7.92. The molecule has 1 heterocycles. The molecule has 0 spiro atoms. The Morgan fingerprint density at radius 2 is 1.84 bits per heavy atom. The number of halogens is 1. The van der Waals surface area contributed by atoms with Crippen LogP contribution in [0.1, 0.15) is 18.1 Å². The number of ether oxygens (including phenoxy) is 1. The number of nitrogens with one attached hydrogen (secondary N) is 1. The first kappa shape index (κ1) is 22.2. The van der Waals surface area contributed by atoms with Gasteiger partial charge < -0.3 is 9.64 Å². The summed E-state index contributed by atoms with van der Waals surface area (Å²) in [5.74, 6) is 0.469. The molecule has 32 heavy (non-hydrogen) atoms. The lowest BCUT2D eigenvalue weighted by Crippen LogP contribution is -2.39. The van der Waals surface area contributed by atoms with Crippen LogP contribution in [0.25, 0.3) is 0 Å². The van der Waals surface area contributed by atoms with Crippen molar-refractivity contribution < 1.29 is 17.9 Å². The molecule has 0 fully saturated rings. The molecule has 0 bridgehead atoms. The highest BCUT2D eigenvalue weighted by atomic mass is 35.5. The van der Waals surface area contributed by atoms with Gasteiger partial charge in [-0.25, -0.2) is 8.42 Å². The van der Waals surface area contributed by atoms with Crippen molar-refractivity contribution in [3.05, 3.63) is 88.9 Å². The van der Waals surface area contributed by atoms with Gasteiger partial charge in [0.25, 0.3) is 15.9 Å². The third-order valence-corrected chi connectivity index (χ3v) is 6.87. The van der Waals surface area contributed by atoms with Crippen molar-refractivity contribution in [3.63, 3.8) is 0 Å². The first-order valence-electron chi connectivity index (χ1n) is 10.2. The second-order valence-corrected chi connectivity index (χ2v) is 9.76. The van der Waals surface area contributed by atoms with Crippen molar-refractivity contribution in [3.8, 4) is 5.75 Å². The monoisotopic (exact) mass is 470 g/mol. The summed E-state index contributed by atoms with van der Waals surface area (Å²) in [5.41, 5.74) is 2.26. The maximum absolute atomic E-state index is 12.8. The number of fused-ring (bicyclic) bond motifs is 1. The minimum absolute atomic E-state index is 0.0736. The summed E-state index contributed by atoms with van der Waals surface area (Å²) < 4.78 is 33.9. The van der Waals surface area contributed by atoms with Crippen molar-refractivity contribution in [2.45, 2.75) is 30.9 Å². The molecule has 1 amide bonds. The van der Waals surface area contributed by atoms with Crippen LogP contribution >= 0.6 is 11.6 Å². The highest BCUT2D eigenvalue weighted by Gasteiger charge is 2.28. The Morgan fingerprint density at radius 3 is 2.59 bits per heavy atom. The van der Waals surface area contributed by atoms with Gasteiger partial charge in [0.05, 0.1) is 4.90 Å². The standard InChI is InChI=1S/C24H23ClN2O4S/c1-17-24(28)27(13-12-18-6-3-2-4-7-18)16-19-14-21(10-11-23(19)31-17)26-32(29,30)22-9-5-8-20(25)15-22/h2-11,14-15,17,26H,12-13,16H2,1H3. The van der Waals surface area contributed by atoms with Gasteiger partial charge in [-0.3, -0.25) is 9.52 Å². The number of sulfonamides is 1. The molecular formula is C24H23ClN2O4S. The van der Waals surface area contributed by atoms with Crippen LogP contribution in [-0.4, -0.2) is 31.9 Å². The Balaban J connectivity index is 1.56. The third-order valence-electron chi connectivity index (χ3n) is 5.26. The van der Waals surface area contributed by atoms with E-state index in [1.807, 2.05) is 30.3 Å². The molecule has 1 atom stereocenters. The molecule has 1 aliphatic rings. The van der Waals surface area contributed by atoms with Crippen molar-refractivity contribution >= 4 is 33.2 Å². The minimum Gasteiger partial charge on any atom is -0.481 e. The molecule has 8 heteroatoms. The number of benzene rings is 3. The lowest BCUT2D eigenvalue weighted by molar-refractivity contribution is -0.137. The van der Waals surface area contributed by atoms with Crippen LogP contribution in [0.5, 0.6) is 5.75 Å². The molecule has 0 radical (unpaired) electrons. The van der Waals surface area contributed by atoms with Crippen molar-refractivity contribution in [1.29, 1.82) is 0 Å². The quantitative estimate of drug-likeness (QED) is 0.575. The molecule has 0 saturated heterocycles. The fourth-order valence-electron chi connectivity index (χ4n) is 3.61. The summed E-state index contributed by atoms with van der Waals surface area (Å²) in [4.78, 5) is 14.7. The Bertz CT molecular complexity index is 1230. The Labute approximate surface area is 192 Å². The van der Waals surface area contributed by atoms with Crippen molar-refractivity contribution in [1.82, 2.24) is 4.90 Å². The number of anilines is 1. The molecule has 0 saturated carbocycles. The maximum atomic E-state index is 12.8. The molecule has 1 unspecified atom stereocenters. The first-order valence-corrected chi connectivity index (χ1v) is 12.1. The van der Waals surface area contributed by atoms with Gasteiger partial charge in [-0.1, -0.05) is 48.0 Å². The van der Waals surface area contributed by atoms with Crippen LogP contribution in [-0.2, 0) is 27.8 Å². The van der Waals surface area contributed by atoms with Gasteiger partial charge in [0.2, 0.25) is 0 Å². The number of hydrogen-bond acceptors (Lipinski definition) is 4. The average Bonchev–Trinajstić information content (AvgIpc) is 2.89. The molecule has 0 aromatic heterocycles. The summed E-state index contributed by atoms with van der Waals surface area (Å²) in [6, 6.07) is 21.0. The van der Waals surface area contributed by atoms with E-state index in [-0.39, 0.29) is 10.8 Å². The Morgan fingerprint density at radius 1 is 1.06 bits per heavy atom. The van der Waals surface area contributed by atoms with Crippen LogP contribution < -0.4 is 9.46 Å². The molecular weight excluding hydrogens is 448 g/mol. The fourth-order valence-corrected chi connectivity index (χ4v) is 4.96. The highest BCUT2D eigenvalue weighted by Crippen LogP contribution is 2.30. The number of rotatable bonds is 6. The van der Waals surface area contributed by atoms with Crippen LogP contribution in [0.2, 0.25) is 5.02 Å².